The topological polar surface area (TPSA) is 15.3 Å². The van der Waals surface area contributed by atoms with Gasteiger partial charge in [-0.3, -0.25) is 0 Å². The van der Waals surface area contributed by atoms with Crippen molar-refractivity contribution in [1.82, 2.24) is 10.2 Å². The van der Waals surface area contributed by atoms with E-state index in [1.807, 2.05) is 11.3 Å². The van der Waals surface area contributed by atoms with Gasteiger partial charge in [0.1, 0.15) is 0 Å². The summed E-state index contributed by atoms with van der Waals surface area (Å²) in [4.78, 5) is 3.99. The van der Waals surface area contributed by atoms with Crippen molar-refractivity contribution in [2.75, 3.05) is 26.7 Å². The lowest BCUT2D eigenvalue weighted by molar-refractivity contribution is 0.183. The number of thiophene rings is 1. The number of hydrogen-bond donors (Lipinski definition) is 1. The molecule has 1 unspecified atom stereocenters. The Labute approximate surface area is 96.3 Å². The minimum absolute atomic E-state index is 0.657. The lowest BCUT2D eigenvalue weighted by Gasteiger charge is -2.34. The Kier molecular flexibility index (Phi) is 3.78. The third-order valence-corrected chi connectivity index (χ3v) is 4.14. The summed E-state index contributed by atoms with van der Waals surface area (Å²) in [6.45, 7) is 5.97. The van der Waals surface area contributed by atoms with Gasteiger partial charge in [0.2, 0.25) is 0 Å². The third kappa shape index (κ3) is 3.03. The molecule has 1 N–H and O–H groups in total. The average molecular weight is 224 g/mol. The van der Waals surface area contributed by atoms with Gasteiger partial charge < -0.3 is 10.2 Å². The van der Waals surface area contributed by atoms with Crippen LogP contribution in [0.3, 0.4) is 0 Å². The van der Waals surface area contributed by atoms with Crippen molar-refractivity contribution < 1.29 is 0 Å². The largest absolute Gasteiger partial charge is 0.316 e. The lowest BCUT2D eigenvalue weighted by atomic mass is 10.0. The molecular weight excluding hydrogens is 204 g/mol. The van der Waals surface area contributed by atoms with E-state index in [-0.39, 0.29) is 0 Å². The molecule has 1 fully saturated rings. The molecule has 1 aromatic rings. The number of likely N-dealkylation sites (N-methyl/N-ethyl adjacent to an activating group) is 1. The van der Waals surface area contributed by atoms with Crippen LogP contribution in [-0.4, -0.2) is 37.6 Å². The fourth-order valence-corrected chi connectivity index (χ4v) is 2.77. The van der Waals surface area contributed by atoms with Crippen molar-refractivity contribution in [2.45, 2.75) is 19.4 Å². The van der Waals surface area contributed by atoms with Crippen molar-refractivity contribution in [3.8, 4) is 0 Å². The molecule has 15 heavy (non-hydrogen) atoms. The minimum Gasteiger partial charge on any atom is -0.316 e. The highest BCUT2D eigenvalue weighted by Gasteiger charge is 2.20. The molecule has 3 heteroatoms. The normalized spacial score (nSPS) is 19.1. The summed E-state index contributed by atoms with van der Waals surface area (Å²) < 4.78 is 0. The van der Waals surface area contributed by atoms with Crippen LogP contribution in [0.15, 0.2) is 17.5 Å². The van der Waals surface area contributed by atoms with Gasteiger partial charge >= 0.3 is 0 Å². The number of nitrogens with one attached hydrogen (secondary N) is 1. The van der Waals surface area contributed by atoms with E-state index in [1.165, 1.54) is 30.9 Å². The Balaban J connectivity index is 1.76. The standard InChI is InChI=1S/C12H20N2S/c1-10(6-12-4-3-5-15-12)14(2)9-11-7-13-8-11/h3-5,10-11,13H,6-9H2,1-2H3. The molecule has 1 aromatic heterocycles. The van der Waals surface area contributed by atoms with Gasteiger partial charge in [-0.25, -0.2) is 0 Å². The molecule has 0 saturated carbocycles. The van der Waals surface area contributed by atoms with Crippen LogP contribution < -0.4 is 5.32 Å². The molecular formula is C12H20N2S. The lowest BCUT2D eigenvalue weighted by Crippen LogP contribution is -2.49. The van der Waals surface area contributed by atoms with Gasteiger partial charge in [-0.15, -0.1) is 11.3 Å². The molecule has 1 aliphatic rings. The maximum absolute atomic E-state index is 3.33. The predicted octanol–water partition coefficient (Wildman–Crippen LogP) is 1.83. The molecule has 2 heterocycles. The Morgan fingerprint density at radius 3 is 2.93 bits per heavy atom. The van der Waals surface area contributed by atoms with Gasteiger partial charge in [0, 0.05) is 30.6 Å². The van der Waals surface area contributed by atoms with Crippen molar-refractivity contribution in [3.63, 3.8) is 0 Å². The van der Waals surface area contributed by atoms with Gasteiger partial charge in [-0.2, -0.15) is 0 Å². The maximum atomic E-state index is 3.33. The first-order valence-electron chi connectivity index (χ1n) is 5.69. The summed E-state index contributed by atoms with van der Waals surface area (Å²) in [7, 11) is 2.25. The van der Waals surface area contributed by atoms with E-state index in [1.54, 1.807) is 0 Å². The van der Waals surface area contributed by atoms with Crippen molar-refractivity contribution in [2.24, 2.45) is 5.92 Å². The monoisotopic (exact) mass is 224 g/mol. The van der Waals surface area contributed by atoms with Crippen LogP contribution >= 0.6 is 11.3 Å². The summed E-state index contributed by atoms with van der Waals surface area (Å²) in [5.41, 5.74) is 0. The first-order valence-corrected chi connectivity index (χ1v) is 6.57. The molecule has 1 atom stereocenters. The van der Waals surface area contributed by atoms with E-state index in [2.05, 4.69) is 41.7 Å². The van der Waals surface area contributed by atoms with E-state index >= 15 is 0 Å². The second kappa shape index (κ2) is 5.10. The number of rotatable bonds is 5. The highest BCUT2D eigenvalue weighted by atomic mass is 32.1. The number of hydrogen-bond acceptors (Lipinski definition) is 3. The zero-order chi connectivity index (χ0) is 10.7. The quantitative estimate of drug-likeness (QED) is 0.821. The van der Waals surface area contributed by atoms with Crippen LogP contribution in [0, 0.1) is 5.92 Å². The fraction of sp³-hybridized carbons (Fsp3) is 0.667. The van der Waals surface area contributed by atoms with Crippen LogP contribution in [0.4, 0.5) is 0 Å². The van der Waals surface area contributed by atoms with Crippen molar-refractivity contribution >= 4 is 11.3 Å². The van der Waals surface area contributed by atoms with E-state index in [0.717, 1.165) is 5.92 Å². The second-order valence-corrected chi connectivity index (χ2v) is 5.63. The molecule has 0 aliphatic carbocycles. The van der Waals surface area contributed by atoms with E-state index in [9.17, 15) is 0 Å². The van der Waals surface area contributed by atoms with Crippen LogP contribution in [0.1, 0.15) is 11.8 Å². The van der Waals surface area contributed by atoms with Gasteiger partial charge in [0.25, 0.3) is 0 Å². The smallest absolute Gasteiger partial charge is 0.0112 e. The summed E-state index contributed by atoms with van der Waals surface area (Å²) in [6.07, 6.45) is 1.19. The fourth-order valence-electron chi connectivity index (χ4n) is 1.94. The summed E-state index contributed by atoms with van der Waals surface area (Å²) >= 11 is 1.87. The van der Waals surface area contributed by atoms with Gasteiger partial charge in [-0.05, 0) is 37.8 Å². The molecule has 0 spiro atoms. The molecule has 0 bridgehead atoms. The summed E-state index contributed by atoms with van der Waals surface area (Å²) in [5.74, 6) is 0.876. The second-order valence-electron chi connectivity index (χ2n) is 4.60. The first kappa shape index (κ1) is 11.1. The Bertz CT molecular complexity index is 280. The third-order valence-electron chi connectivity index (χ3n) is 3.24. The highest BCUT2D eigenvalue weighted by Crippen LogP contribution is 2.15. The van der Waals surface area contributed by atoms with E-state index in [4.69, 9.17) is 0 Å². The Hall–Kier alpha value is -0.380. The van der Waals surface area contributed by atoms with Gasteiger partial charge in [-0.1, -0.05) is 6.07 Å². The van der Waals surface area contributed by atoms with Crippen LogP contribution in [0.25, 0.3) is 0 Å². The van der Waals surface area contributed by atoms with Crippen molar-refractivity contribution in [1.29, 1.82) is 0 Å². The predicted molar refractivity (Wildman–Crippen MR) is 66.5 cm³/mol. The van der Waals surface area contributed by atoms with E-state index < -0.39 is 0 Å². The number of nitrogens with zero attached hydrogens (tertiary/aromatic N) is 1. The van der Waals surface area contributed by atoms with Crippen LogP contribution in [0.2, 0.25) is 0 Å². The average Bonchev–Trinajstić information content (AvgIpc) is 2.63. The molecule has 0 amide bonds. The zero-order valence-corrected chi connectivity index (χ0v) is 10.4. The Morgan fingerprint density at radius 2 is 2.40 bits per heavy atom. The summed E-state index contributed by atoms with van der Waals surface area (Å²) in [5, 5.41) is 5.49. The molecule has 0 radical (unpaired) electrons. The first-order chi connectivity index (χ1) is 7.25. The molecule has 0 aromatic carbocycles. The maximum Gasteiger partial charge on any atom is 0.0112 e. The SMILES string of the molecule is CC(Cc1cccs1)N(C)CC1CNC1. The molecule has 1 aliphatic heterocycles. The Morgan fingerprint density at radius 1 is 1.60 bits per heavy atom. The van der Waals surface area contributed by atoms with Crippen molar-refractivity contribution in [3.05, 3.63) is 22.4 Å². The van der Waals surface area contributed by atoms with E-state index in [0.29, 0.717) is 6.04 Å². The highest BCUT2D eigenvalue weighted by molar-refractivity contribution is 7.09. The van der Waals surface area contributed by atoms with Gasteiger partial charge in [0.15, 0.2) is 0 Å². The zero-order valence-electron chi connectivity index (χ0n) is 9.57. The molecule has 84 valence electrons. The molecule has 1 saturated heterocycles. The summed E-state index contributed by atoms with van der Waals surface area (Å²) in [6, 6.07) is 5.03. The van der Waals surface area contributed by atoms with Crippen LogP contribution in [-0.2, 0) is 6.42 Å². The molecule has 2 nitrogen and oxygen atoms in total. The minimum atomic E-state index is 0.657. The molecule has 2 rings (SSSR count). The van der Waals surface area contributed by atoms with Crippen LogP contribution in [0.5, 0.6) is 0 Å². The van der Waals surface area contributed by atoms with Gasteiger partial charge in [0.05, 0.1) is 0 Å².